The maximum Gasteiger partial charge on any atom is 0.124 e. The summed E-state index contributed by atoms with van der Waals surface area (Å²) < 4.78 is 10.9. The molecule has 0 aliphatic carbocycles. The molecule has 5 nitrogen and oxygen atoms in total. The minimum atomic E-state index is 0.582. The molecule has 0 bridgehead atoms. The topological polar surface area (TPSA) is 49.5 Å². The van der Waals surface area contributed by atoms with E-state index in [1.165, 1.54) is 34.9 Å². The Morgan fingerprint density at radius 2 is 2.08 bits per heavy atom. The number of nitrogens with one attached hydrogen (secondary N) is 2. The maximum absolute atomic E-state index is 5.67. The van der Waals surface area contributed by atoms with Gasteiger partial charge in [0.1, 0.15) is 5.75 Å². The molecule has 0 spiro atoms. The number of hydrogen-bond acceptors (Lipinski definition) is 4. The lowest BCUT2D eigenvalue weighted by atomic mass is 10.0. The van der Waals surface area contributed by atoms with Gasteiger partial charge in [-0.25, -0.2) is 0 Å². The van der Waals surface area contributed by atoms with Crippen LogP contribution < -0.4 is 10.1 Å². The molecule has 0 atom stereocenters. The standard InChI is InChI=1S/C19H27N3O2/c1-13-9-18(23-2)17(16-3-6-20-19(13)16)10-22-7-4-14(5-8-22)21-15-11-24-12-15/h3,6,9,14-15,20-21H,4-5,7-8,10-12H2,1-2H3. The van der Waals surface area contributed by atoms with Crippen molar-refractivity contribution in [3.05, 3.63) is 29.5 Å². The molecule has 130 valence electrons. The monoisotopic (exact) mass is 329 g/mol. The zero-order valence-corrected chi connectivity index (χ0v) is 14.6. The largest absolute Gasteiger partial charge is 0.496 e. The molecule has 0 unspecified atom stereocenters. The van der Waals surface area contributed by atoms with Crippen LogP contribution in [0, 0.1) is 6.92 Å². The first kappa shape index (κ1) is 15.9. The summed E-state index contributed by atoms with van der Waals surface area (Å²) in [6.45, 7) is 7.12. The number of likely N-dealkylation sites (tertiary alicyclic amines) is 1. The number of fused-ring (bicyclic) bond motifs is 1. The SMILES string of the molecule is COc1cc(C)c2[nH]ccc2c1CN1CCC(NC2COC2)CC1. The molecule has 1 aromatic carbocycles. The lowest BCUT2D eigenvalue weighted by molar-refractivity contribution is -0.0137. The summed E-state index contributed by atoms with van der Waals surface area (Å²) in [4.78, 5) is 5.91. The molecule has 0 amide bonds. The van der Waals surface area contributed by atoms with Crippen LogP contribution in [0.4, 0.5) is 0 Å². The third kappa shape index (κ3) is 3.04. The number of nitrogens with zero attached hydrogens (tertiary/aromatic N) is 1. The van der Waals surface area contributed by atoms with Crippen molar-refractivity contribution in [3.63, 3.8) is 0 Å². The summed E-state index contributed by atoms with van der Waals surface area (Å²) in [7, 11) is 1.77. The highest BCUT2D eigenvalue weighted by molar-refractivity contribution is 5.88. The number of benzene rings is 1. The van der Waals surface area contributed by atoms with E-state index < -0.39 is 0 Å². The van der Waals surface area contributed by atoms with Crippen LogP contribution in [-0.2, 0) is 11.3 Å². The highest BCUT2D eigenvalue weighted by atomic mass is 16.5. The van der Waals surface area contributed by atoms with Crippen molar-refractivity contribution in [2.45, 2.75) is 38.4 Å². The van der Waals surface area contributed by atoms with E-state index in [1.54, 1.807) is 7.11 Å². The van der Waals surface area contributed by atoms with Crippen LogP contribution in [0.5, 0.6) is 5.75 Å². The Kier molecular flexibility index (Phi) is 4.48. The predicted molar refractivity (Wildman–Crippen MR) is 95.6 cm³/mol. The van der Waals surface area contributed by atoms with Crippen LogP contribution in [-0.4, -0.2) is 55.4 Å². The number of aryl methyl sites for hydroxylation is 1. The fourth-order valence-corrected chi connectivity index (χ4v) is 3.93. The Morgan fingerprint density at radius 3 is 2.75 bits per heavy atom. The van der Waals surface area contributed by atoms with E-state index in [4.69, 9.17) is 9.47 Å². The van der Waals surface area contributed by atoms with Crippen molar-refractivity contribution in [2.24, 2.45) is 0 Å². The van der Waals surface area contributed by atoms with Crippen molar-refractivity contribution in [3.8, 4) is 5.75 Å². The molecule has 2 fully saturated rings. The Bertz CT molecular complexity index is 700. The summed E-state index contributed by atoms with van der Waals surface area (Å²) >= 11 is 0. The summed E-state index contributed by atoms with van der Waals surface area (Å²) in [5.41, 5.74) is 3.77. The molecule has 2 saturated heterocycles. The molecule has 0 saturated carbocycles. The van der Waals surface area contributed by atoms with Crippen LogP contribution in [0.1, 0.15) is 24.0 Å². The van der Waals surface area contributed by atoms with Gasteiger partial charge in [-0.05, 0) is 50.6 Å². The quantitative estimate of drug-likeness (QED) is 0.885. The molecule has 2 aromatic rings. The fraction of sp³-hybridized carbons (Fsp3) is 0.579. The molecule has 3 heterocycles. The molecule has 1 aromatic heterocycles. The number of H-pyrrole nitrogens is 1. The van der Waals surface area contributed by atoms with Gasteiger partial charge >= 0.3 is 0 Å². The number of rotatable bonds is 5. The van der Waals surface area contributed by atoms with E-state index in [0.717, 1.165) is 38.6 Å². The van der Waals surface area contributed by atoms with Crippen LogP contribution in [0.25, 0.3) is 10.9 Å². The smallest absolute Gasteiger partial charge is 0.124 e. The first-order chi connectivity index (χ1) is 11.7. The van der Waals surface area contributed by atoms with Gasteiger partial charge < -0.3 is 19.8 Å². The molecule has 5 heteroatoms. The third-order valence-corrected chi connectivity index (χ3v) is 5.41. The van der Waals surface area contributed by atoms with Crippen LogP contribution >= 0.6 is 0 Å². The van der Waals surface area contributed by atoms with Crippen LogP contribution in [0.3, 0.4) is 0 Å². The van der Waals surface area contributed by atoms with Gasteiger partial charge in [0.15, 0.2) is 0 Å². The fourth-order valence-electron chi connectivity index (χ4n) is 3.93. The summed E-state index contributed by atoms with van der Waals surface area (Å²) in [5, 5.41) is 5.00. The van der Waals surface area contributed by atoms with Crippen molar-refractivity contribution in [1.82, 2.24) is 15.2 Å². The molecule has 24 heavy (non-hydrogen) atoms. The van der Waals surface area contributed by atoms with E-state index >= 15 is 0 Å². The Morgan fingerprint density at radius 1 is 1.29 bits per heavy atom. The van der Waals surface area contributed by atoms with E-state index in [0.29, 0.717) is 12.1 Å². The van der Waals surface area contributed by atoms with Crippen LogP contribution in [0.15, 0.2) is 18.3 Å². The lowest BCUT2D eigenvalue weighted by Gasteiger charge is -2.37. The van der Waals surface area contributed by atoms with Gasteiger partial charge in [-0.3, -0.25) is 4.90 Å². The van der Waals surface area contributed by atoms with E-state index in [-0.39, 0.29) is 0 Å². The number of aromatic nitrogens is 1. The van der Waals surface area contributed by atoms with Gasteiger partial charge in [-0.15, -0.1) is 0 Å². The Balaban J connectivity index is 1.45. The number of methoxy groups -OCH3 is 1. The molecular weight excluding hydrogens is 302 g/mol. The summed E-state index contributed by atoms with van der Waals surface area (Å²) in [6.07, 6.45) is 4.44. The normalized spacial score (nSPS) is 20.4. The van der Waals surface area contributed by atoms with E-state index in [1.807, 2.05) is 6.20 Å². The summed E-state index contributed by atoms with van der Waals surface area (Å²) in [5.74, 6) is 1.01. The molecule has 2 N–H and O–H groups in total. The zero-order valence-electron chi connectivity index (χ0n) is 14.6. The molecule has 2 aliphatic rings. The highest BCUT2D eigenvalue weighted by Gasteiger charge is 2.26. The molecule has 2 aliphatic heterocycles. The Hall–Kier alpha value is -1.56. The van der Waals surface area contributed by atoms with E-state index in [2.05, 4.69) is 34.3 Å². The first-order valence-electron chi connectivity index (χ1n) is 8.94. The second-order valence-corrected chi connectivity index (χ2v) is 7.09. The number of ether oxygens (including phenoxy) is 2. The van der Waals surface area contributed by atoms with Crippen LogP contribution in [0.2, 0.25) is 0 Å². The van der Waals surface area contributed by atoms with E-state index in [9.17, 15) is 0 Å². The highest BCUT2D eigenvalue weighted by Crippen LogP contribution is 2.32. The minimum absolute atomic E-state index is 0.582. The number of aromatic amines is 1. The van der Waals surface area contributed by atoms with Gasteiger partial charge in [-0.2, -0.15) is 0 Å². The van der Waals surface area contributed by atoms with Crippen molar-refractivity contribution in [1.29, 1.82) is 0 Å². The summed E-state index contributed by atoms with van der Waals surface area (Å²) in [6, 6.07) is 5.55. The third-order valence-electron chi connectivity index (χ3n) is 5.41. The van der Waals surface area contributed by atoms with Crippen molar-refractivity contribution >= 4 is 10.9 Å². The predicted octanol–water partition coefficient (Wildman–Crippen LogP) is 2.44. The second-order valence-electron chi connectivity index (χ2n) is 7.09. The molecule has 4 rings (SSSR count). The average Bonchev–Trinajstić information content (AvgIpc) is 3.05. The Labute approximate surface area is 143 Å². The first-order valence-corrected chi connectivity index (χ1v) is 8.94. The van der Waals surface area contributed by atoms with Gasteiger partial charge in [0.2, 0.25) is 0 Å². The van der Waals surface area contributed by atoms with Gasteiger partial charge in [0.25, 0.3) is 0 Å². The van der Waals surface area contributed by atoms with Crippen molar-refractivity contribution in [2.75, 3.05) is 33.4 Å². The second kappa shape index (κ2) is 6.75. The lowest BCUT2D eigenvalue weighted by Crippen LogP contribution is -2.53. The van der Waals surface area contributed by atoms with Gasteiger partial charge in [-0.1, -0.05) is 0 Å². The molecule has 0 radical (unpaired) electrons. The average molecular weight is 329 g/mol. The maximum atomic E-state index is 5.67. The van der Waals surface area contributed by atoms with Gasteiger partial charge in [0.05, 0.1) is 26.4 Å². The minimum Gasteiger partial charge on any atom is -0.496 e. The number of hydrogen-bond donors (Lipinski definition) is 2. The number of piperidine rings is 1. The van der Waals surface area contributed by atoms with Gasteiger partial charge in [0, 0.05) is 35.2 Å². The van der Waals surface area contributed by atoms with Crippen molar-refractivity contribution < 1.29 is 9.47 Å². The molecular formula is C19H27N3O2. The zero-order chi connectivity index (χ0) is 16.5.